The second-order valence-electron chi connectivity index (χ2n) is 15.4. The lowest BCUT2D eigenvalue weighted by Gasteiger charge is -2.43. The summed E-state index contributed by atoms with van der Waals surface area (Å²) in [4.78, 5) is 55.9. The van der Waals surface area contributed by atoms with Crippen LogP contribution in [0.25, 0.3) is 0 Å². The molecule has 1 fully saturated rings. The number of aryl methyl sites for hydroxylation is 1. The predicted molar refractivity (Wildman–Crippen MR) is 227 cm³/mol. The number of aromatic nitrogens is 1. The van der Waals surface area contributed by atoms with Crippen LogP contribution in [-0.2, 0) is 36.8 Å². The highest BCUT2D eigenvalue weighted by molar-refractivity contribution is 6.04. The van der Waals surface area contributed by atoms with Crippen LogP contribution in [0.3, 0.4) is 0 Å². The van der Waals surface area contributed by atoms with E-state index in [0.717, 1.165) is 37.0 Å². The van der Waals surface area contributed by atoms with Crippen molar-refractivity contribution in [2.45, 2.75) is 174 Å². The first kappa shape index (κ1) is 49.1. The Morgan fingerprint density at radius 3 is 2.19 bits per heavy atom. The lowest BCUT2D eigenvalue weighted by atomic mass is 10.0. The number of carbonyl (C=O) groups is 4. The Balaban J connectivity index is 1.67. The smallest absolute Gasteiger partial charge is 0.418 e. The summed E-state index contributed by atoms with van der Waals surface area (Å²) < 4.78 is 30.6. The van der Waals surface area contributed by atoms with Gasteiger partial charge in [0.25, 0.3) is 12.4 Å². The van der Waals surface area contributed by atoms with Crippen molar-refractivity contribution in [2.24, 2.45) is 0 Å². The lowest BCUT2D eigenvalue weighted by Crippen LogP contribution is -2.57. The molecule has 4 unspecified atom stereocenters. The van der Waals surface area contributed by atoms with Gasteiger partial charge in [-0.2, -0.15) is 0 Å². The molecule has 1 saturated heterocycles. The fraction of sp³-hybridized carbons (Fsp3) is 0.674. The van der Waals surface area contributed by atoms with E-state index in [1.54, 1.807) is 29.2 Å². The Labute approximate surface area is 353 Å². The number of unbranched alkanes of at least 4 members (excludes halogenated alkanes) is 11. The van der Waals surface area contributed by atoms with E-state index >= 15 is 0 Å². The van der Waals surface area contributed by atoms with Crippen molar-refractivity contribution in [3.63, 3.8) is 0 Å². The van der Waals surface area contributed by atoms with Crippen LogP contribution in [0.15, 0.2) is 48.7 Å². The predicted octanol–water partition coefficient (Wildman–Crippen LogP) is 9.09. The number of para-hydroxylation sites is 1. The number of benzene rings is 1. The molecule has 1 aromatic carbocycles. The number of hydrogen-bond acceptors (Lipinski definition) is 10. The SMILES string of the molecule is CCCCCCCCCCCCCCC(CCC)NC(=O)OC1CCCN(C(CCOC=O)OC(=O)N(Cc2cccc[n+]2CC)C(=O)c2ccccc2OC)C1OC. The molecule has 59 heavy (non-hydrogen) atoms. The zero-order valence-electron chi connectivity index (χ0n) is 36.6. The summed E-state index contributed by atoms with van der Waals surface area (Å²) in [6.45, 7) is 7.58. The molecule has 1 aliphatic heterocycles. The number of carbonyl (C=O) groups excluding carboxylic acids is 4. The first-order valence-electron chi connectivity index (χ1n) is 22.2. The maximum atomic E-state index is 14.3. The number of nitrogens with one attached hydrogen (secondary N) is 1. The quantitative estimate of drug-likeness (QED) is 0.0366. The third-order valence-corrected chi connectivity index (χ3v) is 11.1. The molecule has 330 valence electrons. The molecule has 0 bridgehead atoms. The fourth-order valence-corrected chi connectivity index (χ4v) is 7.88. The number of hydrogen-bond donors (Lipinski definition) is 1. The van der Waals surface area contributed by atoms with Crippen molar-refractivity contribution < 1.29 is 47.4 Å². The Morgan fingerprint density at radius 2 is 1.54 bits per heavy atom. The number of methoxy groups -OCH3 is 2. The molecule has 4 atom stereocenters. The van der Waals surface area contributed by atoms with Gasteiger partial charge in [-0.05, 0) is 44.7 Å². The van der Waals surface area contributed by atoms with Gasteiger partial charge in [0.05, 0.1) is 19.3 Å². The number of rotatable bonds is 29. The highest BCUT2D eigenvalue weighted by Gasteiger charge is 2.41. The number of imide groups is 1. The van der Waals surface area contributed by atoms with E-state index in [2.05, 4.69) is 19.2 Å². The van der Waals surface area contributed by atoms with Gasteiger partial charge in [-0.1, -0.05) is 116 Å². The molecule has 13 heteroatoms. The Bertz CT molecular complexity index is 1510. The van der Waals surface area contributed by atoms with Gasteiger partial charge in [-0.3, -0.25) is 9.59 Å². The zero-order valence-corrected chi connectivity index (χ0v) is 36.6. The summed E-state index contributed by atoms with van der Waals surface area (Å²) in [6.07, 6.45) is 17.3. The number of pyridine rings is 1. The monoisotopic (exact) mass is 826 g/mol. The fourth-order valence-electron chi connectivity index (χ4n) is 7.88. The average Bonchev–Trinajstić information content (AvgIpc) is 3.25. The minimum atomic E-state index is -0.998. The molecule has 13 nitrogen and oxygen atoms in total. The third-order valence-electron chi connectivity index (χ3n) is 11.1. The van der Waals surface area contributed by atoms with Crippen LogP contribution in [0, 0.1) is 0 Å². The van der Waals surface area contributed by atoms with Gasteiger partial charge in [-0.25, -0.2) is 24.0 Å². The van der Waals surface area contributed by atoms with Crippen molar-refractivity contribution in [3.05, 3.63) is 59.9 Å². The van der Waals surface area contributed by atoms with Crippen LogP contribution >= 0.6 is 0 Å². The van der Waals surface area contributed by atoms with E-state index in [1.165, 1.54) is 78.4 Å². The minimum Gasteiger partial charge on any atom is -0.496 e. The third kappa shape index (κ3) is 17.1. The van der Waals surface area contributed by atoms with Gasteiger partial charge in [-0.15, -0.1) is 0 Å². The van der Waals surface area contributed by atoms with E-state index < -0.39 is 36.7 Å². The molecule has 1 aromatic heterocycles. The molecule has 3 amide bonds. The zero-order chi connectivity index (χ0) is 42.7. The van der Waals surface area contributed by atoms with Gasteiger partial charge in [0.2, 0.25) is 5.69 Å². The van der Waals surface area contributed by atoms with Crippen molar-refractivity contribution in [1.82, 2.24) is 15.1 Å². The van der Waals surface area contributed by atoms with Crippen molar-refractivity contribution in [2.75, 3.05) is 27.4 Å². The summed E-state index contributed by atoms with van der Waals surface area (Å²) in [6, 6.07) is 12.3. The van der Waals surface area contributed by atoms with E-state index in [4.69, 9.17) is 23.7 Å². The minimum absolute atomic E-state index is 0.00765. The van der Waals surface area contributed by atoms with Crippen molar-refractivity contribution in [3.8, 4) is 5.75 Å². The maximum absolute atomic E-state index is 14.3. The van der Waals surface area contributed by atoms with Gasteiger partial charge in [0, 0.05) is 38.2 Å². The van der Waals surface area contributed by atoms with E-state index in [1.807, 2.05) is 35.9 Å². The molecule has 3 rings (SSSR count). The number of amides is 3. The molecule has 1 aliphatic rings. The van der Waals surface area contributed by atoms with Gasteiger partial charge in [0.1, 0.15) is 31.2 Å². The topological polar surface area (TPSA) is 137 Å². The van der Waals surface area contributed by atoms with Gasteiger partial charge >= 0.3 is 12.2 Å². The second-order valence-corrected chi connectivity index (χ2v) is 15.4. The summed E-state index contributed by atoms with van der Waals surface area (Å²) in [5.41, 5.74) is 0.905. The first-order valence-corrected chi connectivity index (χ1v) is 22.2. The lowest BCUT2D eigenvalue weighted by molar-refractivity contribution is -0.701. The summed E-state index contributed by atoms with van der Waals surface area (Å²) >= 11 is 0. The van der Waals surface area contributed by atoms with Gasteiger partial charge < -0.3 is 29.0 Å². The molecule has 0 aliphatic carbocycles. The van der Waals surface area contributed by atoms with Gasteiger partial charge in [0.15, 0.2) is 12.4 Å². The average molecular weight is 826 g/mol. The highest BCUT2D eigenvalue weighted by Crippen LogP contribution is 2.27. The Morgan fingerprint density at radius 1 is 0.864 bits per heavy atom. The van der Waals surface area contributed by atoms with Crippen LogP contribution in [0.1, 0.15) is 152 Å². The standard InChI is InChI=1S/C46H72N4O9/c1-6-9-10-11-12-13-14-15-16-17-18-19-26-37(25-7-2)47-45(53)58-41-30-24-33-49(44(41)56-5)42(31-34-57-36-51)59-46(54)50(35-38-27-22-23-32-48(38)8-3)43(52)39-28-20-21-29-40(39)55-4/h20-23,27-29,32,36-37,41-42,44H,6-19,24-26,30-31,33-35H2,1-5H3/p+1. The number of ether oxygens (including phenoxy) is 5. The van der Waals surface area contributed by atoms with E-state index in [0.29, 0.717) is 43.8 Å². The number of nitrogens with zero attached hydrogens (tertiary/aromatic N) is 3. The molecule has 0 spiro atoms. The number of alkyl carbamates (subject to hydrolysis) is 1. The van der Waals surface area contributed by atoms with Crippen molar-refractivity contribution in [1.29, 1.82) is 0 Å². The van der Waals surface area contributed by atoms with Crippen LogP contribution < -0.4 is 14.6 Å². The molecule has 0 radical (unpaired) electrons. The molecule has 2 aromatic rings. The Hall–Kier alpha value is -4.23. The van der Waals surface area contributed by atoms with Crippen LogP contribution in [0.5, 0.6) is 5.75 Å². The molecular formula is C46H73N4O9+. The molecule has 1 N–H and O–H groups in total. The molecule has 0 saturated carbocycles. The van der Waals surface area contributed by atoms with Crippen LogP contribution in [0.2, 0.25) is 0 Å². The highest BCUT2D eigenvalue weighted by atomic mass is 16.6. The number of piperidine rings is 1. The summed E-state index contributed by atoms with van der Waals surface area (Å²) in [5.74, 6) is -0.293. The first-order chi connectivity index (χ1) is 28.8. The largest absolute Gasteiger partial charge is 0.496 e. The van der Waals surface area contributed by atoms with Crippen LogP contribution in [0.4, 0.5) is 9.59 Å². The van der Waals surface area contributed by atoms with E-state index in [9.17, 15) is 19.2 Å². The number of likely N-dealkylation sites (tertiary alicyclic amines) is 1. The normalized spacial score (nSPS) is 16.4. The summed E-state index contributed by atoms with van der Waals surface area (Å²) in [7, 11) is 2.98. The molecular weight excluding hydrogens is 753 g/mol. The van der Waals surface area contributed by atoms with Crippen LogP contribution in [-0.4, -0.2) is 86.3 Å². The molecule has 2 heterocycles. The second kappa shape index (κ2) is 29.1. The maximum Gasteiger partial charge on any atom is 0.418 e. The van der Waals surface area contributed by atoms with E-state index in [-0.39, 0.29) is 31.2 Å². The van der Waals surface area contributed by atoms with Crippen molar-refractivity contribution >= 4 is 24.6 Å². The summed E-state index contributed by atoms with van der Waals surface area (Å²) in [5, 5.41) is 3.12. The Kier molecular flexibility index (Phi) is 24.2.